The summed E-state index contributed by atoms with van der Waals surface area (Å²) in [6, 6.07) is 6.89. The van der Waals surface area contributed by atoms with E-state index < -0.39 is 16.1 Å². The van der Waals surface area contributed by atoms with Crippen LogP contribution in [-0.2, 0) is 24.3 Å². The van der Waals surface area contributed by atoms with Crippen LogP contribution in [0.4, 0.5) is 11.4 Å². The van der Waals surface area contributed by atoms with Gasteiger partial charge in [-0.2, -0.15) is 4.31 Å². The average molecular weight is 481 g/mol. The summed E-state index contributed by atoms with van der Waals surface area (Å²) in [5.41, 5.74) is 1.73. The largest absolute Gasteiger partial charge is 0.378 e. The Balaban J connectivity index is 1.60. The van der Waals surface area contributed by atoms with Crippen LogP contribution in [0.25, 0.3) is 0 Å². The lowest BCUT2D eigenvalue weighted by Gasteiger charge is -2.36. The SMILES string of the molecule is CCCS(=O)(=O)N1CCCCC1C(=O)N(CC)CC(=O)Nc1ccc(N2CCOCC2)cc1. The molecule has 2 amide bonds. The Morgan fingerprint density at radius 3 is 2.42 bits per heavy atom. The van der Waals surface area contributed by atoms with Crippen LogP contribution in [0.1, 0.15) is 39.5 Å². The van der Waals surface area contributed by atoms with Crippen molar-refractivity contribution < 1.29 is 22.7 Å². The highest BCUT2D eigenvalue weighted by Gasteiger charge is 2.38. The van der Waals surface area contributed by atoms with Crippen LogP contribution in [-0.4, -0.2) is 87.2 Å². The zero-order chi connectivity index (χ0) is 23.8. The number of piperidine rings is 1. The monoisotopic (exact) mass is 480 g/mol. The van der Waals surface area contributed by atoms with Gasteiger partial charge in [0, 0.05) is 37.6 Å². The van der Waals surface area contributed by atoms with Gasteiger partial charge in [0.15, 0.2) is 0 Å². The Morgan fingerprint density at radius 2 is 1.79 bits per heavy atom. The Hall–Kier alpha value is -2.17. The molecule has 1 N–H and O–H groups in total. The third kappa shape index (κ3) is 6.68. The molecular formula is C23H36N4O5S. The molecule has 2 saturated heterocycles. The van der Waals surface area contributed by atoms with Crippen molar-refractivity contribution in [3.8, 4) is 0 Å². The number of morpholine rings is 1. The van der Waals surface area contributed by atoms with Crippen molar-refractivity contribution in [2.45, 2.75) is 45.6 Å². The lowest BCUT2D eigenvalue weighted by Crippen LogP contribution is -2.54. The minimum Gasteiger partial charge on any atom is -0.378 e. The normalized spacial score (nSPS) is 19.8. The minimum absolute atomic E-state index is 0.0316. The van der Waals surface area contributed by atoms with Crippen LogP contribution in [0.15, 0.2) is 24.3 Å². The first-order valence-corrected chi connectivity index (χ1v) is 13.5. The van der Waals surface area contributed by atoms with E-state index in [1.54, 1.807) is 6.92 Å². The summed E-state index contributed by atoms with van der Waals surface area (Å²) in [4.78, 5) is 29.6. The lowest BCUT2D eigenvalue weighted by atomic mass is 10.0. The van der Waals surface area contributed by atoms with Gasteiger partial charge in [-0.25, -0.2) is 8.42 Å². The second kappa shape index (κ2) is 11.8. The van der Waals surface area contributed by atoms with E-state index in [4.69, 9.17) is 4.74 Å². The summed E-state index contributed by atoms with van der Waals surface area (Å²) in [6.45, 7) is 7.29. The first-order chi connectivity index (χ1) is 15.9. The number of nitrogens with zero attached hydrogens (tertiary/aromatic N) is 3. The van der Waals surface area contributed by atoms with E-state index in [1.165, 1.54) is 9.21 Å². The van der Waals surface area contributed by atoms with Gasteiger partial charge in [0.25, 0.3) is 0 Å². The van der Waals surface area contributed by atoms with Gasteiger partial charge in [-0.1, -0.05) is 13.3 Å². The van der Waals surface area contributed by atoms with Crippen LogP contribution < -0.4 is 10.2 Å². The molecule has 0 bridgehead atoms. The molecule has 1 aromatic rings. The molecular weight excluding hydrogens is 444 g/mol. The third-order valence-corrected chi connectivity index (χ3v) is 8.19. The number of hydrogen-bond donors (Lipinski definition) is 1. The predicted molar refractivity (Wildman–Crippen MR) is 129 cm³/mol. The number of amides is 2. The number of hydrogen-bond acceptors (Lipinski definition) is 6. The maximum Gasteiger partial charge on any atom is 0.243 e. The molecule has 2 heterocycles. The number of carbonyl (C=O) groups excluding carboxylic acids is 2. The smallest absolute Gasteiger partial charge is 0.243 e. The Bertz CT molecular complexity index is 900. The van der Waals surface area contributed by atoms with Crippen LogP contribution in [0.2, 0.25) is 0 Å². The van der Waals surface area contributed by atoms with Gasteiger partial charge in [0.1, 0.15) is 6.04 Å². The highest BCUT2D eigenvalue weighted by molar-refractivity contribution is 7.89. The molecule has 10 heteroatoms. The summed E-state index contributed by atoms with van der Waals surface area (Å²) < 4.78 is 32.1. The highest BCUT2D eigenvalue weighted by atomic mass is 32.2. The zero-order valence-corrected chi connectivity index (χ0v) is 20.5. The zero-order valence-electron chi connectivity index (χ0n) is 19.7. The van der Waals surface area contributed by atoms with Gasteiger partial charge < -0.3 is 19.9 Å². The number of rotatable bonds is 9. The Kier molecular flexibility index (Phi) is 9.10. The molecule has 0 aromatic heterocycles. The van der Waals surface area contributed by atoms with E-state index in [-0.39, 0.29) is 24.1 Å². The van der Waals surface area contributed by atoms with Gasteiger partial charge >= 0.3 is 0 Å². The van der Waals surface area contributed by atoms with Crippen molar-refractivity contribution in [3.63, 3.8) is 0 Å². The number of sulfonamides is 1. The molecule has 184 valence electrons. The van der Waals surface area contributed by atoms with Gasteiger partial charge in [0.2, 0.25) is 21.8 Å². The second-order valence-corrected chi connectivity index (χ2v) is 10.5. The molecule has 0 radical (unpaired) electrons. The van der Waals surface area contributed by atoms with Crippen molar-refractivity contribution >= 4 is 33.2 Å². The molecule has 2 aliphatic heterocycles. The first kappa shape index (κ1) is 25.5. The number of benzene rings is 1. The third-order valence-electron chi connectivity index (χ3n) is 6.11. The van der Waals surface area contributed by atoms with Crippen molar-refractivity contribution in [1.82, 2.24) is 9.21 Å². The maximum atomic E-state index is 13.2. The van der Waals surface area contributed by atoms with E-state index in [9.17, 15) is 18.0 Å². The fraction of sp³-hybridized carbons (Fsp3) is 0.652. The number of anilines is 2. The molecule has 0 saturated carbocycles. The Labute approximate surface area is 197 Å². The standard InChI is InChI=1S/C23H36N4O5S/c1-3-17-33(30,31)27-12-6-5-7-21(27)23(29)25(4-2)18-22(28)24-19-8-10-20(11-9-19)26-13-15-32-16-14-26/h8-11,21H,3-7,12-18H2,1-2H3,(H,24,28). The van der Waals surface area contributed by atoms with Gasteiger partial charge in [0.05, 0.1) is 25.5 Å². The van der Waals surface area contributed by atoms with E-state index in [2.05, 4.69) is 10.2 Å². The van der Waals surface area contributed by atoms with Gasteiger partial charge in [-0.05, 0) is 50.5 Å². The van der Waals surface area contributed by atoms with Crippen molar-refractivity contribution in [2.75, 3.05) is 61.9 Å². The van der Waals surface area contributed by atoms with E-state index in [0.717, 1.165) is 31.6 Å². The number of nitrogens with one attached hydrogen (secondary N) is 1. The molecule has 2 aliphatic rings. The molecule has 0 aliphatic carbocycles. The first-order valence-electron chi connectivity index (χ1n) is 11.9. The maximum absolute atomic E-state index is 13.2. The van der Waals surface area contributed by atoms with E-state index >= 15 is 0 Å². The molecule has 1 atom stereocenters. The quantitative estimate of drug-likeness (QED) is 0.580. The van der Waals surface area contributed by atoms with Crippen molar-refractivity contribution in [3.05, 3.63) is 24.3 Å². The molecule has 1 aromatic carbocycles. The lowest BCUT2D eigenvalue weighted by molar-refractivity contribution is -0.138. The van der Waals surface area contributed by atoms with Crippen LogP contribution in [0.5, 0.6) is 0 Å². The predicted octanol–water partition coefficient (Wildman–Crippen LogP) is 1.90. The molecule has 2 fully saturated rings. The summed E-state index contributed by atoms with van der Waals surface area (Å²) in [5, 5.41) is 2.85. The van der Waals surface area contributed by atoms with Crippen LogP contribution >= 0.6 is 0 Å². The summed E-state index contributed by atoms with van der Waals surface area (Å²) in [7, 11) is -3.49. The van der Waals surface area contributed by atoms with E-state index in [0.29, 0.717) is 44.8 Å². The summed E-state index contributed by atoms with van der Waals surface area (Å²) >= 11 is 0. The Morgan fingerprint density at radius 1 is 1.09 bits per heavy atom. The summed E-state index contributed by atoms with van der Waals surface area (Å²) in [6.07, 6.45) is 2.54. The molecule has 0 spiro atoms. The molecule has 1 unspecified atom stereocenters. The second-order valence-electron chi connectivity index (χ2n) is 8.49. The number of likely N-dealkylation sites (N-methyl/N-ethyl adjacent to an activating group) is 1. The van der Waals surface area contributed by atoms with E-state index in [1.807, 2.05) is 31.2 Å². The molecule has 33 heavy (non-hydrogen) atoms. The van der Waals surface area contributed by atoms with Gasteiger partial charge in [-0.15, -0.1) is 0 Å². The number of carbonyl (C=O) groups is 2. The van der Waals surface area contributed by atoms with Crippen molar-refractivity contribution in [1.29, 1.82) is 0 Å². The van der Waals surface area contributed by atoms with Crippen molar-refractivity contribution in [2.24, 2.45) is 0 Å². The fourth-order valence-corrected chi connectivity index (χ4v) is 6.11. The summed E-state index contributed by atoms with van der Waals surface area (Å²) in [5.74, 6) is -0.568. The van der Waals surface area contributed by atoms with Gasteiger partial charge in [-0.3, -0.25) is 9.59 Å². The molecule has 3 rings (SSSR count). The topological polar surface area (TPSA) is 99.3 Å². The number of ether oxygens (including phenoxy) is 1. The molecule has 9 nitrogen and oxygen atoms in total. The highest BCUT2D eigenvalue weighted by Crippen LogP contribution is 2.23. The fourth-order valence-electron chi connectivity index (χ4n) is 4.37. The average Bonchev–Trinajstić information content (AvgIpc) is 2.83. The van der Waals surface area contributed by atoms with Crippen LogP contribution in [0, 0.1) is 0 Å². The van der Waals surface area contributed by atoms with Crippen LogP contribution in [0.3, 0.4) is 0 Å². The minimum atomic E-state index is -3.49.